The topological polar surface area (TPSA) is 41.5 Å². The summed E-state index contributed by atoms with van der Waals surface area (Å²) in [7, 11) is 1.71. The predicted molar refractivity (Wildman–Crippen MR) is 83.5 cm³/mol. The second-order valence-corrected chi connectivity index (χ2v) is 7.33. The van der Waals surface area contributed by atoms with Crippen LogP contribution in [0, 0.1) is 23.7 Å². The summed E-state index contributed by atoms with van der Waals surface area (Å²) in [6.45, 7) is 0.236. The number of hydrogen-bond donors (Lipinski definition) is 2. The Morgan fingerprint density at radius 3 is 2.29 bits per heavy atom. The molecule has 0 aromatic heterocycles. The van der Waals surface area contributed by atoms with E-state index in [-0.39, 0.29) is 12.1 Å². The van der Waals surface area contributed by atoms with Gasteiger partial charge in [0.05, 0.1) is 24.9 Å². The lowest BCUT2D eigenvalue weighted by atomic mass is 9.48. The molecule has 0 saturated heterocycles. The molecule has 4 aliphatic rings. The van der Waals surface area contributed by atoms with Gasteiger partial charge in [-0.3, -0.25) is 0 Å². The van der Waals surface area contributed by atoms with Crippen molar-refractivity contribution >= 4 is 5.69 Å². The van der Waals surface area contributed by atoms with Crippen molar-refractivity contribution in [1.82, 2.24) is 0 Å². The summed E-state index contributed by atoms with van der Waals surface area (Å²) >= 11 is 0. The number of benzene rings is 1. The van der Waals surface area contributed by atoms with Gasteiger partial charge in [-0.25, -0.2) is 0 Å². The Labute approximate surface area is 126 Å². The highest BCUT2D eigenvalue weighted by Gasteiger charge is 2.57. The molecule has 0 spiro atoms. The van der Waals surface area contributed by atoms with Gasteiger partial charge in [0.15, 0.2) is 0 Å². The van der Waals surface area contributed by atoms with Gasteiger partial charge in [-0.15, -0.1) is 0 Å². The van der Waals surface area contributed by atoms with Crippen LogP contribution >= 0.6 is 0 Å². The first-order valence-corrected chi connectivity index (χ1v) is 8.27. The summed E-state index contributed by atoms with van der Waals surface area (Å²) in [5, 5.41) is 14.0. The fourth-order valence-electron chi connectivity index (χ4n) is 5.53. The average Bonchev–Trinajstić information content (AvgIpc) is 2.51. The highest BCUT2D eigenvalue weighted by Crippen LogP contribution is 2.59. The smallest absolute Gasteiger partial charge is 0.141 e. The Kier molecular flexibility index (Phi) is 3.14. The fourth-order valence-corrected chi connectivity index (χ4v) is 5.53. The van der Waals surface area contributed by atoms with Gasteiger partial charge in [-0.1, -0.05) is 12.1 Å². The van der Waals surface area contributed by atoms with Gasteiger partial charge in [0.2, 0.25) is 0 Å². The first-order chi connectivity index (χ1) is 10.2. The zero-order valence-corrected chi connectivity index (χ0v) is 12.7. The third-order valence-corrected chi connectivity index (χ3v) is 6.33. The Hall–Kier alpha value is -1.22. The number of nitrogens with one attached hydrogen (secondary N) is 1. The van der Waals surface area contributed by atoms with E-state index in [1.54, 1.807) is 7.11 Å². The molecule has 3 heteroatoms. The summed E-state index contributed by atoms with van der Waals surface area (Å²) in [6, 6.07) is 8.09. The number of anilines is 1. The lowest BCUT2D eigenvalue weighted by Crippen LogP contribution is -2.63. The standard InChI is InChI=1S/C18H25NO2/c1-21-17-5-3-2-4-16(17)19-18(11-20)14-7-12-6-13(9-14)10-15(18)8-12/h2-5,12-15,19-20H,6-11H2,1H3. The maximum atomic E-state index is 10.3. The number of para-hydroxylation sites is 2. The van der Waals surface area contributed by atoms with E-state index in [1.165, 1.54) is 32.1 Å². The number of rotatable bonds is 4. The minimum atomic E-state index is -0.137. The summed E-state index contributed by atoms with van der Waals surface area (Å²) in [4.78, 5) is 0. The molecular weight excluding hydrogens is 262 g/mol. The van der Waals surface area contributed by atoms with Crippen molar-refractivity contribution in [3.63, 3.8) is 0 Å². The van der Waals surface area contributed by atoms with Crippen LogP contribution in [0.2, 0.25) is 0 Å². The van der Waals surface area contributed by atoms with E-state index < -0.39 is 0 Å². The van der Waals surface area contributed by atoms with Gasteiger partial charge >= 0.3 is 0 Å². The van der Waals surface area contributed by atoms with Gasteiger partial charge in [-0.2, -0.15) is 0 Å². The van der Waals surface area contributed by atoms with Crippen LogP contribution < -0.4 is 10.1 Å². The van der Waals surface area contributed by atoms with Crippen molar-refractivity contribution in [3.05, 3.63) is 24.3 Å². The molecule has 1 aromatic rings. The molecule has 2 N–H and O–H groups in total. The van der Waals surface area contributed by atoms with Gasteiger partial charge in [0.25, 0.3) is 0 Å². The van der Waals surface area contributed by atoms with E-state index in [0.29, 0.717) is 11.8 Å². The van der Waals surface area contributed by atoms with Crippen molar-refractivity contribution in [2.45, 2.75) is 37.6 Å². The maximum Gasteiger partial charge on any atom is 0.141 e. The van der Waals surface area contributed by atoms with Gasteiger partial charge in [0, 0.05) is 0 Å². The van der Waals surface area contributed by atoms with Crippen molar-refractivity contribution in [1.29, 1.82) is 0 Å². The summed E-state index contributed by atoms with van der Waals surface area (Å²) in [5.74, 6) is 3.92. The number of aliphatic hydroxyl groups is 1. The third-order valence-electron chi connectivity index (χ3n) is 6.33. The molecule has 21 heavy (non-hydrogen) atoms. The highest BCUT2D eigenvalue weighted by molar-refractivity contribution is 5.58. The van der Waals surface area contributed by atoms with E-state index in [1.807, 2.05) is 18.2 Å². The van der Waals surface area contributed by atoms with Crippen LogP contribution in [-0.2, 0) is 0 Å². The summed E-state index contributed by atoms with van der Waals surface area (Å²) < 4.78 is 5.48. The van der Waals surface area contributed by atoms with E-state index in [0.717, 1.165) is 23.3 Å². The van der Waals surface area contributed by atoms with Crippen LogP contribution in [0.4, 0.5) is 5.69 Å². The molecule has 0 radical (unpaired) electrons. The molecule has 4 fully saturated rings. The average molecular weight is 287 g/mol. The molecule has 0 unspecified atom stereocenters. The number of hydrogen-bond acceptors (Lipinski definition) is 3. The molecule has 1 aromatic carbocycles. The Bertz CT molecular complexity index is 500. The normalized spacial score (nSPS) is 40.3. The number of aliphatic hydroxyl groups excluding tert-OH is 1. The second kappa shape index (κ2) is 4.91. The van der Waals surface area contributed by atoms with Crippen LogP contribution in [0.5, 0.6) is 5.75 Å². The summed E-state index contributed by atoms with van der Waals surface area (Å²) in [5.41, 5.74) is 0.892. The molecule has 4 bridgehead atoms. The molecule has 0 heterocycles. The zero-order valence-electron chi connectivity index (χ0n) is 12.7. The number of ether oxygens (including phenoxy) is 1. The molecular formula is C18H25NO2. The minimum absolute atomic E-state index is 0.137. The third kappa shape index (κ3) is 1.97. The SMILES string of the molecule is COc1ccccc1NC1(CO)C2CC3CC(C2)CC1C3. The Morgan fingerprint density at radius 2 is 1.71 bits per heavy atom. The van der Waals surface area contributed by atoms with E-state index in [4.69, 9.17) is 4.74 Å². The lowest BCUT2D eigenvalue weighted by molar-refractivity contribution is -0.0656. The van der Waals surface area contributed by atoms with Gasteiger partial charge in [0.1, 0.15) is 5.75 Å². The monoisotopic (exact) mass is 287 g/mol. The largest absolute Gasteiger partial charge is 0.495 e. The van der Waals surface area contributed by atoms with E-state index >= 15 is 0 Å². The minimum Gasteiger partial charge on any atom is -0.495 e. The zero-order chi connectivity index (χ0) is 14.4. The molecule has 3 nitrogen and oxygen atoms in total. The van der Waals surface area contributed by atoms with Crippen molar-refractivity contribution in [2.75, 3.05) is 19.0 Å². The predicted octanol–water partition coefficient (Wildman–Crippen LogP) is 3.29. The van der Waals surface area contributed by atoms with E-state index in [2.05, 4.69) is 11.4 Å². The van der Waals surface area contributed by atoms with Crippen LogP contribution in [0.3, 0.4) is 0 Å². The molecule has 114 valence electrons. The summed E-state index contributed by atoms with van der Waals surface area (Å²) in [6.07, 6.45) is 6.58. The van der Waals surface area contributed by atoms with Crippen LogP contribution in [0.25, 0.3) is 0 Å². The van der Waals surface area contributed by atoms with Gasteiger partial charge in [-0.05, 0) is 67.9 Å². The van der Waals surface area contributed by atoms with Crippen molar-refractivity contribution in [3.8, 4) is 5.75 Å². The molecule has 0 amide bonds. The molecule has 0 atom stereocenters. The molecule has 5 rings (SSSR count). The quantitative estimate of drug-likeness (QED) is 0.893. The van der Waals surface area contributed by atoms with Crippen LogP contribution in [0.1, 0.15) is 32.1 Å². The van der Waals surface area contributed by atoms with E-state index in [9.17, 15) is 5.11 Å². The first-order valence-electron chi connectivity index (χ1n) is 8.27. The lowest BCUT2D eigenvalue weighted by Gasteiger charge is -2.61. The fraction of sp³-hybridized carbons (Fsp3) is 0.667. The van der Waals surface area contributed by atoms with Crippen LogP contribution in [-0.4, -0.2) is 24.4 Å². The second-order valence-electron chi connectivity index (χ2n) is 7.33. The maximum absolute atomic E-state index is 10.3. The van der Waals surface area contributed by atoms with Crippen LogP contribution in [0.15, 0.2) is 24.3 Å². The Balaban J connectivity index is 1.68. The van der Waals surface area contributed by atoms with Gasteiger partial charge < -0.3 is 15.2 Å². The number of methoxy groups -OCH3 is 1. The first kappa shape index (κ1) is 13.4. The molecule has 4 aliphatic carbocycles. The molecule has 0 aliphatic heterocycles. The van der Waals surface area contributed by atoms with Crippen molar-refractivity contribution < 1.29 is 9.84 Å². The highest BCUT2D eigenvalue weighted by atomic mass is 16.5. The van der Waals surface area contributed by atoms with Crippen molar-refractivity contribution in [2.24, 2.45) is 23.7 Å². The Morgan fingerprint density at radius 1 is 1.10 bits per heavy atom. The molecule has 4 saturated carbocycles.